The first-order valence-corrected chi connectivity index (χ1v) is 13.6. The van der Waals surface area contributed by atoms with E-state index in [1.807, 2.05) is 54.6 Å². The van der Waals surface area contributed by atoms with E-state index >= 15 is 0 Å². The van der Waals surface area contributed by atoms with Crippen molar-refractivity contribution in [2.45, 2.75) is 56.7 Å². The van der Waals surface area contributed by atoms with Crippen LogP contribution in [-0.4, -0.2) is 55.1 Å². The summed E-state index contributed by atoms with van der Waals surface area (Å²) < 4.78 is 13.7. The number of nitrogens with zero attached hydrogens (tertiary/aromatic N) is 1. The van der Waals surface area contributed by atoms with Crippen molar-refractivity contribution in [1.29, 1.82) is 0 Å². The molecule has 3 heterocycles. The van der Waals surface area contributed by atoms with Crippen LogP contribution in [-0.2, 0) is 10.3 Å². The van der Waals surface area contributed by atoms with Crippen molar-refractivity contribution in [3.05, 3.63) is 65.2 Å². The molecule has 2 aromatic carbocycles. The van der Waals surface area contributed by atoms with Crippen molar-refractivity contribution < 1.29 is 36.0 Å². The molecule has 0 amide bonds. The first-order valence-electron chi connectivity index (χ1n) is 13.2. The molecule has 1 saturated carbocycles. The third-order valence-electron chi connectivity index (χ3n) is 8.72. The largest absolute Gasteiger partial charge is 1.00 e. The fourth-order valence-electron chi connectivity index (χ4n) is 6.70. The van der Waals surface area contributed by atoms with E-state index in [-0.39, 0.29) is 29.0 Å². The molecule has 2 unspecified atom stereocenters. The number of rotatable bonds is 10. The molecular formula is C29H39BrClNO3. The van der Waals surface area contributed by atoms with E-state index in [2.05, 4.69) is 0 Å². The zero-order valence-electron chi connectivity index (χ0n) is 20.6. The Balaban J connectivity index is 0.00000289. The lowest BCUT2D eigenvalue weighted by Gasteiger charge is -2.53. The van der Waals surface area contributed by atoms with Crippen LogP contribution in [0.2, 0.25) is 5.02 Å². The van der Waals surface area contributed by atoms with Crippen LogP contribution in [0.15, 0.2) is 54.6 Å². The second-order valence-electron chi connectivity index (χ2n) is 10.8. The standard InChI is InChI=1S/C29H39ClNO3.BrH/c30-27-14-7-6-13-26(27)29(32,24-9-4-5-10-24)22-34-28-21-31(18-15-23(28)16-19-31)17-8-20-33-25-11-2-1-3-12-25;/h1-3,6-7,11-14,23-24,28,32H,4-5,8-10,15-22H2;1H/q+1;/p-1. The summed E-state index contributed by atoms with van der Waals surface area (Å²) in [4.78, 5) is 0. The van der Waals surface area contributed by atoms with Gasteiger partial charge in [0.15, 0.2) is 0 Å². The molecule has 1 aliphatic carbocycles. The van der Waals surface area contributed by atoms with Crippen LogP contribution < -0.4 is 21.7 Å². The molecule has 192 valence electrons. The summed E-state index contributed by atoms with van der Waals surface area (Å²) in [5.41, 5.74) is -0.165. The lowest BCUT2D eigenvalue weighted by molar-refractivity contribution is -0.946. The van der Waals surface area contributed by atoms with Crippen molar-refractivity contribution in [2.75, 3.05) is 39.4 Å². The van der Waals surface area contributed by atoms with Gasteiger partial charge in [0.2, 0.25) is 0 Å². The van der Waals surface area contributed by atoms with Crippen LogP contribution in [0.4, 0.5) is 0 Å². The van der Waals surface area contributed by atoms with Crippen molar-refractivity contribution >= 4 is 11.6 Å². The second kappa shape index (κ2) is 12.0. The van der Waals surface area contributed by atoms with Gasteiger partial charge in [0.1, 0.15) is 24.0 Å². The van der Waals surface area contributed by atoms with Crippen LogP contribution in [0.3, 0.4) is 0 Å². The molecule has 6 heteroatoms. The number of benzene rings is 2. The SMILES string of the molecule is OC(COC1C[N+]2(CCCOc3ccccc3)CCC1CC2)(c1ccccc1Cl)C1CCCC1.[Br-]. The van der Waals surface area contributed by atoms with Gasteiger partial charge in [-0.3, -0.25) is 0 Å². The van der Waals surface area contributed by atoms with E-state index < -0.39 is 5.60 Å². The molecule has 0 radical (unpaired) electrons. The minimum atomic E-state index is -1.00. The Morgan fingerprint density at radius 3 is 2.34 bits per heavy atom. The van der Waals surface area contributed by atoms with Gasteiger partial charge in [0, 0.05) is 35.8 Å². The van der Waals surface area contributed by atoms with E-state index in [4.69, 9.17) is 21.1 Å². The molecule has 2 atom stereocenters. The van der Waals surface area contributed by atoms with E-state index in [1.165, 1.54) is 38.8 Å². The molecule has 4 nitrogen and oxygen atoms in total. The molecule has 3 saturated heterocycles. The van der Waals surface area contributed by atoms with E-state index in [9.17, 15) is 5.11 Å². The zero-order valence-corrected chi connectivity index (χ0v) is 22.9. The zero-order chi connectivity index (χ0) is 23.4. The lowest BCUT2D eigenvalue weighted by Crippen LogP contribution is -3.00. The van der Waals surface area contributed by atoms with Crippen LogP contribution >= 0.6 is 11.6 Å². The van der Waals surface area contributed by atoms with Crippen molar-refractivity contribution in [3.63, 3.8) is 0 Å². The third-order valence-corrected chi connectivity index (χ3v) is 9.05. The van der Waals surface area contributed by atoms with E-state index in [0.717, 1.165) is 54.8 Å². The lowest BCUT2D eigenvalue weighted by atomic mass is 9.80. The summed E-state index contributed by atoms with van der Waals surface area (Å²) in [6, 6.07) is 17.9. The number of para-hydroxylation sites is 1. The maximum atomic E-state index is 12.0. The van der Waals surface area contributed by atoms with Crippen LogP contribution in [0.1, 0.15) is 50.5 Å². The maximum Gasteiger partial charge on any atom is 0.119 e. The average Bonchev–Trinajstić information content (AvgIpc) is 3.43. The molecule has 4 aliphatic rings. The minimum Gasteiger partial charge on any atom is -1.00 e. The number of halogens is 2. The summed E-state index contributed by atoms with van der Waals surface area (Å²) in [6.07, 6.45) is 8.14. The molecule has 6 rings (SSSR count). The average molecular weight is 565 g/mol. The van der Waals surface area contributed by atoms with Gasteiger partial charge < -0.3 is 36.0 Å². The fraction of sp³-hybridized carbons (Fsp3) is 0.586. The topological polar surface area (TPSA) is 38.7 Å². The summed E-state index contributed by atoms with van der Waals surface area (Å²) >= 11 is 6.58. The van der Waals surface area contributed by atoms with Gasteiger partial charge in [-0.2, -0.15) is 0 Å². The molecule has 1 N–H and O–H groups in total. The van der Waals surface area contributed by atoms with Gasteiger partial charge in [-0.15, -0.1) is 0 Å². The highest BCUT2D eigenvalue weighted by Gasteiger charge is 2.48. The van der Waals surface area contributed by atoms with Gasteiger partial charge in [-0.05, 0) is 37.0 Å². The monoisotopic (exact) mass is 563 g/mol. The predicted octanol–water partition coefficient (Wildman–Crippen LogP) is 2.82. The van der Waals surface area contributed by atoms with Crippen LogP contribution in [0.25, 0.3) is 0 Å². The van der Waals surface area contributed by atoms with Gasteiger partial charge >= 0.3 is 0 Å². The highest BCUT2D eigenvalue weighted by atomic mass is 79.9. The molecule has 35 heavy (non-hydrogen) atoms. The predicted molar refractivity (Wildman–Crippen MR) is 136 cm³/mol. The smallest absolute Gasteiger partial charge is 0.119 e. The number of aliphatic hydroxyl groups is 1. The normalized spacial score (nSPS) is 27.8. The van der Waals surface area contributed by atoms with Crippen molar-refractivity contribution in [1.82, 2.24) is 0 Å². The number of ether oxygens (including phenoxy) is 2. The van der Waals surface area contributed by atoms with Crippen molar-refractivity contribution in [3.8, 4) is 5.75 Å². The molecule has 4 fully saturated rings. The number of hydrogen-bond acceptors (Lipinski definition) is 3. The Hall–Kier alpha value is -1.11. The van der Waals surface area contributed by atoms with Gasteiger partial charge in [0.25, 0.3) is 0 Å². The Morgan fingerprint density at radius 1 is 0.943 bits per heavy atom. The Labute approximate surface area is 225 Å². The van der Waals surface area contributed by atoms with Crippen LogP contribution in [0, 0.1) is 11.8 Å². The fourth-order valence-corrected chi connectivity index (χ4v) is 7.00. The first kappa shape index (κ1) is 26.9. The van der Waals surface area contributed by atoms with E-state index in [0.29, 0.717) is 17.5 Å². The summed E-state index contributed by atoms with van der Waals surface area (Å²) in [6.45, 7) is 5.78. The second-order valence-corrected chi connectivity index (χ2v) is 11.2. The highest BCUT2D eigenvalue weighted by Crippen LogP contribution is 2.44. The quantitative estimate of drug-likeness (QED) is 0.356. The Kier molecular flexibility index (Phi) is 9.20. The Morgan fingerprint density at radius 2 is 1.63 bits per heavy atom. The molecule has 2 aromatic rings. The maximum absolute atomic E-state index is 12.0. The third kappa shape index (κ3) is 6.07. The Bertz CT molecular complexity index is 931. The summed E-state index contributed by atoms with van der Waals surface area (Å²) in [7, 11) is 0. The number of fused-ring (bicyclic) bond motifs is 3. The number of hydrogen-bond donors (Lipinski definition) is 1. The highest BCUT2D eigenvalue weighted by molar-refractivity contribution is 6.31. The molecular weight excluding hydrogens is 526 g/mol. The van der Waals surface area contributed by atoms with Crippen molar-refractivity contribution in [2.24, 2.45) is 11.8 Å². The summed E-state index contributed by atoms with van der Waals surface area (Å²) in [5.74, 6) is 1.78. The van der Waals surface area contributed by atoms with Crippen LogP contribution in [0.5, 0.6) is 5.75 Å². The molecule has 0 spiro atoms. The minimum absolute atomic E-state index is 0. The number of piperidine rings is 3. The first-order chi connectivity index (χ1) is 16.6. The molecule has 2 bridgehead atoms. The molecule has 3 aliphatic heterocycles. The number of quaternary nitrogens is 1. The van der Waals surface area contributed by atoms with Gasteiger partial charge in [0.05, 0.1) is 32.8 Å². The molecule has 0 aromatic heterocycles. The van der Waals surface area contributed by atoms with Gasteiger partial charge in [-0.25, -0.2) is 0 Å². The van der Waals surface area contributed by atoms with E-state index in [1.54, 1.807) is 0 Å². The van der Waals surface area contributed by atoms with Gasteiger partial charge in [-0.1, -0.05) is 60.8 Å². The summed E-state index contributed by atoms with van der Waals surface area (Å²) in [5, 5.41) is 12.6.